The summed E-state index contributed by atoms with van der Waals surface area (Å²) in [7, 11) is 0. The topological polar surface area (TPSA) is 70.2 Å². The number of anilines is 1. The Hall–Kier alpha value is -1.92. The van der Waals surface area contributed by atoms with Crippen LogP contribution in [0.2, 0.25) is 0 Å². The van der Waals surface area contributed by atoms with Crippen LogP contribution >= 0.6 is 0 Å². The monoisotopic (exact) mass is 260 g/mol. The zero-order valence-electron chi connectivity index (χ0n) is 10.6. The van der Waals surface area contributed by atoms with E-state index in [0.29, 0.717) is 6.41 Å². The Bertz CT molecular complexity index is 575. The van der Waals surface area contributed by atoms with Crippen molar-refractivity contribution >= 4 is 23.1 Å². The summed E-state index contributed by atoms with van der Waals surface area (Å²) in [6.07, 6.45) is 2.43. The summed E-state index contributed by atoms with van der Waals surface area (Å²) in [4.78, 5) is 20.5. The third-order valence-electron chi connectivity index (χ3n) is 3.30. The van der Waals surface area contributed by atoms with Crippen LogP contribution in [0.25, 0.3) is 11.0 Å². The number of H-pyrrole nitrogens is 1. The third-order valence-corrected chi connectivity index (χ3v) is 3.30. The highest BCUT2D eigenvalue weighted by atomic mass is 16.5. The molecule has 0 saturated carbocycles. The van der Waals surface area contributed by atoms with E-state index in [9.17, 15) is 4.79 Å². The second-order valence-corrected chi connectivity index (χ2v) is 4.55. The number of aromatic nitrogens is 2. The number of pyridine rings is 1. The van der Waals surface area contributed by atoms with Crippen LogP contribution in [0, 0.1) is 0 Å². The van der Waals surface area contributed by atoms with E-state index in [1.165, 1.54) is 0 Å². The number of nitrogens with one attached hydrogen (secondary N) is 2. The van der Waals surface area contributed by atoms with Crippen molar-refractivity contribution in [2.45, 2.75) is 6.54 Å². The number of fused-ring (bicyclic) bond motifs is 1. The van der Waals surface area contributed by atoms with E-state index < -0.39 is 0 Å². The van der Waals surface area contributed by atoms with Crippen LogP contribution in [0.15, 0.2) is 18.3 Å². The minimum absolute atomic E-state index is 0.671. The summed E-state index contributed by atoms with van der Waals surface area (Å²) in [6.45, 7) is 4.30. The summed E-state index contributed by atoms with van der Waals surface area (Å²) in [6, 6.07) is 3.99. The van der Waals surface area contributed by atoms with Crippen LogP contribution in [-0.2, 0) is 16.1 Å². The molecule has 3 heterocycles. The average molecular weight is 260 g/mol. The van der Waals surface area contributed by atoms with Gasteiger partial charge in [-0.3, -0.25) is 9.69 Å². The predicted octanol–water partition coefficient (Wildman–Crippen LogP) is 0.963. The maximum atomic E-state index is 10.5. The number of carbonyl (C=O) groups excluding carboxylic acids is 1. The average Bonchev–Trinajstić information content (AvgIpc) is 2.83. The molecule has 1 amide bonds. The highest BCUT2D eigenvalue weighted by Gasteiger charge is 2.12. The zero-order valence-corrected chi connectivity index (χ0v) is 10.6. The Morgan fingerprint density at radius 1 is 1.42 bits per heavy atom. The molecule has 1 aliphatic heterocycles. The van der Waals surface area contributed by atoms with E-state index in [-0.39, 0.29) is 0 Å². The number of nitrogens with zero attached hydrogens (tertiary/aromatic N) is 2. The van der Waals surface area contributed by atoms with E-state index in [0.717, 1.165) is 55.3 Å². The molecule has 2 aromatic rings. The maximum Gasteiger partial charge on any atom is 0.211 e. The molecule has 3 rings (SSSR count). The molecule has 1 aliphatic rings. The van der Waals surface area contributed by atoms with Crippen LogP contribution in [0.1, 0.15) is 5.69 Å². The number of hydrogen-bond acceptors (Lipinski definition) is 4. The Morgan fingerprint density at radius 2 is 2.26 bits per heavy atom. The van der Waals surface area contributed by atoms with Crippen LogP contribution in [0.3, 0.4) is 0 Å². The molecular weight excluding hydrogens is 244 g/mol. The SMILES string of the molecule is O=CNc1c[nH]c2nc(CN3CCOCC3)ccc12. The molecule has 2 N–H and O–H groups in total. The van der Waals surface area contributed by atoms with Crippen LogP contribution < -0.4 is 5.32 Å². The summed E-state index contributed by atoms with van der Waals surface area (Å²) >= 11 is 0. The van der Waals surface area contributed by atoms with E-state index in [1.807, 2.05) is 12.1 Å². The number of rotatable bonds is 4. The number of aromatic amines is 1. The molecule has 0 bridgehead atoms. The minimum atomic E-state index is 0.671. The van der Waals surface area contributed by atoms with Gasteiger partial charge in [-0.05, 0) is 12.1 Å². The van der Waals surface area contributed by atoms with Crippen molar-refractivity contribution in [2.24, 2.45) is 0 Å². The molecule has 1 saturated heterocycles. The van der Waals surface area contributed by atoms with Crippen molar-refractivity contribution in [1.29, 1.82) is 0 Å². The third kappa shape index (κ3) is 2.59. The zero-order chi connectivity index (χ0) is 13.1. The van der Waals surface area contributed by atoms with Gasteiger partial charge in [0.05, 0.1) is 24.6 Å². The first-order chi connectivity index (χ1) is 9.36. The molecule has 1 fully saturated rings. The fraction of sp³-hybridized carbons (Fsp3) is 0.385. The fourth-order valence-corrected chi connectivity index (χ4v) is 2.30. The molecular formula is C13H16N4O2. The number of carbonyl (C=O) groups is 1. The Kier molecular flexibility index (Phi) is 3.43. The standard InChI is InChI=1S/C13H16N4O2/c18-9-15-12-7-14-13-11(12)2-1-10(16-13)8-17-3-5-19-6-4-17/h1-2,7,9H,3-6,8H2,(H,14,16)(H,15,18). The highest BCUT2D eigenvalue weighted by Crippen LogP contribution is 2.21. The van der Waals surface area contributed by atoms with E-state index in [1.54, 1.807) is 6.20 Å². The summed E-state index contributed by atoms with van der Waals surface area (Å²) in [5.74, 6) is 0. The van der Waals surface area contributed by atoms with Gasteiger partial charge in [-0.2, -0.15) is 0 Å². The van der Waals surface area contributed by atoms with Gasteiger partial charge in [0.15, 0.2) is 0 Å². The lowest BCUT2D eigenvalue weighted by atomic mass is 10.2. The molecule has 0 aliphatic carbocycles. The largest absolute Gasteiger partial charge is 0.379 e. The van der Waals surface area contributed by atoms with Gasteiger partial charge in [-0.1, -0.05) is 0 Å². The van der Waals surface area contributed by atoms with Gasteiger partial charge < -0.3 is 15.0 Å². The van der Waals surface area contributed by atoms with Gasteiger partial charge in [0, 0.05) is 31.2 Å². The summed E-state index contributed by atoms with van der Waals surface area (Å²) in [5.41, 5.74) is 2.58. The van der Waals surface area contributed by atoms with Crippen LogP contribution in [-0.4, -0.2) is 47.6 Å². The molecule has 0 unspecified atom stereocenters. The first-order valence-corrected chi connectivity index (χ1v) is 6.34. The summed E-state index contributed by atoms with van der Waals surface area (Å²) < 4.78 is 5.33. The summed E-state index contributed by atoms with van der Waals surface area (Å²) in [5, 5.41) is 3.58. The lowest BCUT2D eigenvalue weighted by Gasteiger charge is -2.26. The van der Waals surface area contributed by atoms with Crippen molar-refractivity contribution < 1.29 is 9.53 Å². The van der Waals surface area contributed by atoms with E-state index >= 15 is 0 Å². The van der Waals surface area contributed by atoms with Gasteiger partial charge in [0.25, 0.3) is 0 Å². The molecule has 100 valence electrons. The Labute approximate surface area is 110 Å². The predicted molar refractivity (Wildman–Crippen MR) is 71.9 cm³/mol. The Morgan fingerprint density at radius 3 is 3.05 bits per heavy atom. The quantitative estimate of drug-likeness (QED) is 0.803. The molecule has 0 aromatic carbocycles. The van der Waals surface area contributed by atoms with Crippen molar-refractivity contribution in [3.8, 4) is 0 Å². The molecule has 6 heteroatoms. The highest BCUT2D eigenvalue weighted by molar-refractivity contribution is 5.94. The first-order valence-electron chi connectivity index (χ1n) is 6.34. The van der Waals surface area contributed by atoms with Crippen molar-refractivity contribution in [1.82, 2.24) is 14.9 Å². The lowest BCUT2D eigenvalue weighted by molar-refractivity contribution is -0.105. The van der Waals surface area contributed by atoms with Gasteiger partial charge in [0.2, 0.25) is 6.41 Å². The molecule has 0 radical (unpaired) electrons. The molecule has 0 spiro atoms. The molecule has 2 aromatic heterocycles. The fourth-order valence-electron chi connectivity index (χ4n) is 2.30. The van der Waals surface area contributed by atoms with Crippen LogP contribution in [0.5, 0.6) is 0 Å². The van der Waals surface area contributed by atoms with E-state index in [2.05, 4.69) is 20.2 Å². The van der Waals surface area contributed by atoms with Crippen molar-refractivity contribution in [2.75, 3.05) is 31.6 Å². The number of ether oxygens (including phenoxy) is 1. The Balaban J connectivity index is 1.79. The van der Waals surface area contributed by atoms with Gasteiger partial charge in [0.1, 0.15) is 5.65 Å². The molecule has 0 atom stereocenters. The van der Waals surface area contributed by atoms with Gasteiger partial charge in [-0.15, -0.1) is 0 Å². The molecule has 6 nitrogen and oxygen atoms in total. The number of amides is 1. The minimum Gasteiger partial charge on any atom is -0.379 e. The van der Waals surface area contributed by atoms with Crippen molar-refractivity contribution in [3.63, 3.8) is 0 Å². The van der Waals surface area contributed by atoms with Gasteiger partial charge in [-0.25, -0.2) is 4.98 Å². The number of hydrogen-bond donors (Lipinski definition) is 2. The number of morpholine rings is 1. The second kappa shape index (κ2) is 5.38. The second-order valence-electron chi connectivity index (χ2n) is 4.55. The van der Waals surface area contributed by atoms with E-state index in [4.69, 9.17) is 4.74 Å². The lowest BCUT2D eigenvalue weighted by Crippen LogP contribution is -2.35. The van der Waals surface area contributed by atoms with Crippen molar-refractivity contribution in [3.05, 3.63) is 24.0 Å². The van der Waals surface area contributed by atoms with Crippen LogP contribution in [0.4, 0.5) is 5.69 Å². The van der Waals surface area contributed by atoms with Gasteiger partial charge >= 0.3 is 0 Å². The first kappa shape index (κ1) is 12.1. The normalized spacial score (nSPS) is 16.6. The maximum absolute atomic E-state index is 10.5. The molecule has 19 heavy (non-hydrogen) atoms. The smallest absolute Gasteiger partial charge is 0.211 e.